The van der Waals surface area contributed by atoms with Crippen molar-refractivity contribution in [3.63, 3.8) is 0 Å². The molecule has 1 aliphatic heterocycles. The summed E-state index contributed by atoms with van der Waals surface area (Å²) < 4.78 is 0. The van der Waals surface area contributed by atoms with Gasteiger partial charge in [0, 0.05) is 12.2 Å². The van der Waals surface area contributed by atoms with Crippen LogP contribution >= 0.6 is 0 Å². The SMILES string of the molecule is CC1CCN(C(=O)Cc2cccc(N)c2)C(C(=O)O)C1. The summed E-state index contributed by atoms with van der Waals surface area (Å²) >= 11 is 0. The van der Waals surface area contributed by atoms with E-state index in [0.717, 1.165) is 12.0 Å². The Morgan fingerprint density at radius 3 is 2.85 bits per heavy atom. The predicted molar refractivity (Wildman–Crippen MR) is 76.1 cm³/mol. The number of likely N-dealkylation sites (tertiary alicyclic amines) is 1. The number of hydrogen-bond donors (Lipinski definition) is 2. The molecule has 0 aromatic heterocycles. The van der Waals surface area contributed by atoms with Gasteiger partial charge < -0.3 is 15.7 Å². The summed E-state index contributed by atoms with van der Waals surface area (Å²) in [5.41, 5.74) is 7.11. The molecule has 1 aliphatic rings. The number of carbonyl (C=O) groups is 2. The van der Waals surface area contributed by atoms with Crippen molar-refractivity contribution in [2.24, 2.45) is 5.92 Å². The molecule has 2 rings (SSSR count). The van der Waals surface area contributed by atoms with Crippen LogP contribution in [0.15, 0.2) is 24.3 Å². The Balaban J connectivity index is 2.09. The van der Waals surface area contributed by atoms with E-state index < -0.39 is 12.0 Å². The van der Waals surface area contributed by atoms with Gasteiger partial charge in [0.15, 0.2) is 0 Å². The second kappa shape index (κ2) is 5.94. The number of carbonyl (C=O) groups excluding carboxylic acids is 1. The molecule has 108 valence electrons. The van der Waals surface area contributed by atoms with Crippen molar-refractivity contribution in [2.75, 3.05) is 12.3 Å². The van der Waals surface area contributed by atoms with Gasteiger partial charge in [-0.15, -0.1) is 0 Å². The summed E-state index contributed by atoms with van der Waals surface area (Å²) in [5.74, 6) is -0.722. The van der Waals surface area contributed by atoms with Crippen molar-refractivity contribution in [1.29, 1.82) is 0 Å². The Kier molecular flexibility index (Phi) is 4.27. The molecule has 2 atom stereocenters. The first-order valence-electron chi connectivity index (χ1n) is 6.84. The molecule has 20 heavy (non-hydrogen) atoms. The summed E-state index contributed by atoms with van der Waals surface area (Å²) in [6.45, 7) is 2.54. The fourth-order valence-corrected chi connectivity index (χ4v) is 2.65. The molecule has 1 amide bonds. The van der Waals surface area contributed by atoms with Crippen LogP contribution < -0.4 is 5.73 Å². The first-order chi connectivity index (χ1) is 9.47. The molecule has 0 spiro atoms. The lowest BCUT2D eigenvalue weighted by atomic mass is 9.92. The highest BCUT2D eigenvalue weighted by atomic mass is 16.4. The highest BCUT2D eigenvalue weighted by Gasteiger charge is 2.34. The summed E-state index contributed by atoms with van der Waals surface area (Å²) in [6, 6.07) is 6.44. The van der Waals surface area contributed by atoms with E-state index in [2.05, 4.69) is 0 Å². The van der Waals surface area contributed by atoms with Crippen LogP contribution in [0.3, 0.4) is 0 Å². The van der Waals surface area contributed by atoms with E-state index in [-0.39, 0.29) is 12.3 Å². The highest BCUT2D eigenvalue weighted by Crippen LogP contribution is 2.23. The third kappa shape index (κ3) is 3.29. The highest BCUT2D eigenvalue weighted by molar-refractivity contribution is 5.85. The molecular formula is C15H20N2O3. The Labute approximate surface area is 118 Å². The van der Waals surface area contributed by atoms with Crippen LogP contribution in [0.1, 0.15) is 25.3 Å². The van der Waals surface area contributed by atoms with E-state index in [4.69, 9.17) is 5.73 Å². The molecule has 0 saturated carbocycles. The quantitative estimate of drug-likeness (QED) is 0.820. The normalized spacial score (nSPS) is 22.6. The number of rotatable bonds is 3. The first kappa shape index (κ1) is 14.4. The van der Waals surface area contributed by atoms with Gasteiger partial charge in [0.1, 0.15) is 6.04 Å². The lowest BCUT2D eigenvalue weighted by Crippen LogP contribution is -2.50. The van der Waals surface area contributed by atoms with Gasteiger partial charge in [-0.25, -0.2) is 4.79 Å². The molecule has 1 aromatic rings. The first-order valence-corrected chi connectivity index (χ1v) is 6.84. The molecule has 5 nitrogen and oxygen atoms in total. The number of carboxylic acids is 1. The van der Waals surface area contributed by atoms with Crippen LogP contribution in [0.25, 0.3) is 0 Å². The standard InChI is InChI=1S/C15H20N2O3/c1-10-5-6-17(13(7-10)15(19)20)14(18)9-11-3-2-4-12(16)8-11/h2-4,8,10,13H,5-7,9,16H2,1H3,(H,19,20). The molecule has 0 radical (unpaired) electrons. The van der Waals surface area contributed by atoms with Crippen LogP contribution in [-0.2, 0) is 16.0 Å². The molecule has 1 heterocycles. The molecule has 0 aliphatic carbocycles. The number of nitrogens with zero attached hydrogens (tertiary/aromatic N) is 1. The minimum atomic E-state index is -0.919. The van der Waals surface area contributed by atoms with Crippen molar-refractivity contribution in [3.05, 3.63) is 29.8 Å². The van der Waals surface area contributed by atoms with Crippen molar-refractivity contribution in [2.45, 2.75) is 32.2 Å². The van der Waals surface area contributed by atoms with Crippen LogP contribution in [0, 0.1) is 5.92 Å². The van der Waals surface area contributed by atoms with Gasteiger partial charge in [0.25, 0.3) is 0 Å². The van der Waals surface area contributed by atoms with Crippen molar-refractivity contribution >= 4 is 17.6 Å². The number of amides is 1. The fraction of sp³-hybridized carbons (Fsp3) is 0.467. The van der Waals surface area contributed by atoms with Gasteiger partial charge in [-0.2, -0.15) is 0 Å². The van der Waals surface area contributed by atoms with Gasteiger partial charge in [-0.3, -0.25) is 4.79 Å². The van der Waals surface area contributed by atoms with Crippen LogP contribution in [0.4, 0.5) is 5.69 Å². The predicted octanol–water partition coefficient (Wildman–Crippen LogP) is 1.52. The van der Waals surface area contributed by atoms with E-state index in [1.165, 1.54) is 4.90 Å². The molecule has 0 bridgehead atoms. The maximum absolute atomic E-state index is 12.3. The number of aliphatic carboxylic acids is 1. The molecule has 1 aromatic carbocycles. The topological polar surface area (TPSA) is 83.6 Å². The number of hydrogen-bond acceptors (Lipinski definition) is 3. The minimum absolute atomic E-state index is 0.144. The average molecular weight is 276 g/mol. The summed E-state index contributed by atoms with van der Waals surface area (Å²) in [5, 5.41) is 9.27. The maximum atomic E-state index is 12.3. The Hall–Kier alpha value is -2.04. The van der Waals surface area contributed by atoms with Crippen molar-refractivity contribution in [1.82, 2.24) is 4.90 Å². The van der Waals surface area contributed by atoms with E-state index in [1.54, 1.807) is 18.2 Å². The third-order valence-corrected chi connectivity index (χ3v) is 3.78. The second-order valence-corrected chi connectivity index (χ2v) is 5.49. The Bertz CT molecular complexity index is 516. The van der Waals surface area contributed by atoms with Gasteiger partial charge >= 0.3 is 5.97 Å². The van der Waals surface area contributed by atoms with Crippen LogP contribution in [0.5, 0.6) is 0 Å². The number of carboxylic acid groups (broad SMARTS) is 1. The lowest BCUT2D eigenvalue weighted by Gasteiger charge is -2.36. The van der Waals surface area contributed by atoms with Crippen molar-refractivity contribution < 1.29 is 14.7 Å². The molecule has 5 heteroatoms. The smallest absolute Gasteiger partial charge is 0.326 e. The Morgan fingerprint density at radius 1 is 1.45 bits per heavy atom. The molecule has 3 N–H and O–H groups in total. The number of anilines is 1. The van der Waals surface area contributed by atoms with Crippen LogP contribution in [-0.4, -0.2) is 34.5 Å². The minimum Gasteiger partial charge on any atom is -0.480 e. The number of piperidine rings is 1. The monoisotopic (exact) mass is 276 g/mol. The fourth-order valence-electron chi connectivity index (χ4n) is 2.65. The molecule has 2 unspecified atom stereocenters. The molecule has 1 saturated heterocycles. The summed E-state index contributed by atoms with van der Waals surface area (Å²) in [4.78, 5) is 25.1. The molecular weight excluding hydrogens is 256 g/mol. The van der Waals surface area contributed by atoms with E-state index in [9.17, 15) is 14.7 Å². The maximum Gasteiger partial charge on any atom is 0.326 e. The van der Waals surface area contributed by atoms with E-state index in [0.29, 0.717) is 24.6 Å². The van der Waals surface area contributed by atoms with Gasteiger partial charge in [0.05, 0.1) is 6.42 Å². The largest absolute Gasteiger partial charge is 0.480 e. The van der Waals surface area contributed by atoms with Crippen molar-refractivity contribution in [3.8, 4) is 0 Å². The van der Waals surface area contributed by atoms with Crippen LogP contribution in [0.2, 0.25) is 0 Å². The van der Waals surface area contributed by atoms with E-state index in [1.807, 2.05) is 13.0 Å². The number of nitrogen functional groups attached to an aromatic ring is 1. The van der Waals surface area contributed by atoms with E-state index >= 15 is 0 Å². The summed E-state index contributed by atoms with van der Waals surface area (Å²) in [7, 11) is 0. The second-order valence-electron chi connectivity index (χ2n) is 5.49. The molecule has 1 fully saturated rings. The Morgan fingerprint density at radius 2 is 2.20 bits per heavy atom. The zero-order valence-corrected chi connectivity index (χ0v) is 11.6. The average Bonchev–Trinajstić information content (AvgIpc) is 2.38. The lowest BCUT2D eigenvalue weighted by molar-refractivity contribution is -0.152. The van der Waals surface area contributed by atoms with Gasteiger partial charge in [0.2, 0.25) is 5.91 Å². The number of nitrogens with two attached hydrogens (primary N) is 1. The zero-order chi connectivity index (χ0) is 14.7. The number of benzene rings is 1. The zero-order valence-electron chi connectivity index (χ0n) is 11.6. The summed E-state index contributed by atoms with van der Waals surface area (Å²) in [6.07, 6.45) is 1.58. The third-order valence-electron chi connectivity index (χ3n) is 3.78. The van der Waals surface area contributed by atoms with Gasteiger partial charge in [-0.1, -0.05) is 19.1 Å². The van der Waals surface area contributed by atoms with Gasteiger partial charge in [-0.05, 0) is 36.5 Å².